The highest BCUT2D eigenvalue weighted by molar-refractivity contribution is 7.99. The molecule has 3 N–H and O–H groups in total. The van der Waals surface area contributed by atoms with E-state index in [2.05, 4.69) is 15.2 Å². The number of aromatic hydroxyl groups is 2. The number of thioether (sulfide) groups is 1. The van der Waals surface area contributed by atoms with Gasteiger partial charge in [0, 0.05) is 11.1 Å². The number of carbonyl (C=O) groups excluding carboxylic acids is 1. The van der Waals surface area contributed by atoms with E-state index >= 15 is 0 Å². The molecule has 0 spiro atoms. The van der Waals surface area contributed by atoms with Gasteiger partial charge in [0.15, 0.2) is 23.1 Å². The number of nitrogens with zero attached hydrogens (tertiary/aromatic N) is 2. The smallest absolute Gasteiger partial charge is 0.209 e. The fraction of sp³-hybridized carbons (Fsp3) is 0.118. The number of rotatable bonds is 6. The zero-order valence-corrected chi connectivity index (χ0v) is 14.1. The van der Waals surface area contributed by atoms with Gasteiger partial charge in [-0.25, -0.2) is 4.98 Å². The molecule has 8 heteroatoms. The van der Waals surface area contributed by atoms with Gasteiger partial charge in [0.05, 0.1) is 12.9 Å². The molecule has 0 saturated heterocycles. The number of phenols is 2. The normalized spacial score (nSPS) is 10.6. The van der Waals surface area contributed by atoms with Crippen LogP contribution in [0.15, 0.2) is 47.6 Å². The molecule has 3 rings (SSSR count). The number of hydrogen-bond acceptors (Lipinski definition) is 7. The number of ketones is 1. The number of phenolic OH excluding ortho intramolecular Hbond substituents is 2. The molecule has 0 bridgehead atoms. The fourth-order valence-electron chi connectivity index (χ4n) is 2.10. The predicted octanol–water partition coefficient (Wildman–Crippen LogP) is 2.87. The van der Waals surface area contributed by atoms with Crippen LogP contribution in [-0.4, -0.2) is 44.0 Å². The van der Waals surface area contributed by atoms with Crippen LogP contribution in [0, 0.1) is 0 Å². The van der Waals surface area contributed by atoms with Crippen molar-refractivity contribution < 1.29 is 19.7 Å². The summed E-state index contributed by atoms with van der Waals surface area (Å²) in [6.07, 6.45) is 0. The SMILES string of the molecule is COc1ccc(-c2nc(SCC(=O)c3ccc(O)c(O)c3)n[nH]2)cc1. The van der Waals surface area contributed by atoms with Crippen molar-refractivity contribution in [1.82, 2.24) is 15.2 Å². The van der Waals surface area contributed by atoms with Crippen molar-refractivity contribution in [2.75, 3.05) is 12.9 Å². The molecule has 1 aromatic heterocycles. The molecule has 0 atom stereocenters. The zero-order chi connectivity index (χ0) is 17.8. The Balaban J connectivity index is 1.64. The van der Waals surface area contributed by atoms with Gasteiger partial charge in [-0.1, -0.05) is 11.8 Å². The summed E-state index contributed by atoms with van der Waals surface area (Å²) in [7, 11) is 1.60. The molecule has 25 heavy (non-hydrogen) atoms. The summed E-state index contributed by atoms with van der Waals surface area (Å²) < 4.78 is 5.11. The summed E-state index contributed by atoms with van der Waals surface area (Å²) in [6, 6.07) is 11.3. The average molecular weight is 357 g/mol. The van der Waals surface area contributed by atoms with Gasteiger partial charge in [0.2, 0.25) is 5.16 Å². The average Bonchev–Trinajstić information content (AvgIpc) is 3.11. The van der Waals surface area contributed by atoms with Crippen LogP contribution in [0.25, 0.3) is 11.4 Å². The Hall–Kier alpha value is -3.00. The van der Waals surface area contributed by atoms with E-state index in [1.807, 2.05) is 24.3 Å². The first kappa shape index (κ1) is 16.8. The van der Waals surface area contributed by atoms with Gasteiger partial charge in [-0.05, 0) is 42.5 Å². The molecule has 0 unspecified atom stereocenters. The summed E-state index contributed by atoms with van der Waals surface area (Å²) in [5, 5.41) is 26.1. The molecule has 3 aromatic rings. The largest absolute Gasteiger partial charge is 0.504 e. The van der Waals surface area contributed by atoms with Crippen LogP contribution in [0.4, 0.5) is 0 Å². The molecule has 2 aromatic carbocycles. The number of ether oxygens (including phenoxy) is 1. The minimum absolute atomic E-state index is 0.115. The number of aromatic nitrogens is 3. The topological polar surface area (TPSA) is 108 Å². The molecule has 1 heterocycles. The van der Waals surface area contributed by atoms with E-state index in [0.717, 1.165) is 11.3 Å². The number of carbonyl (C=O) groups is 1. The summed E-state index contributed by atoms with van der Waals surface area (Å²) in [5.74, 6) is 0.679. The Kier molecular flexibility index (Phi) is 4.90. The number of benzene rings is 2. The summed E-state index contributed by atoms with van der Waals surface area (Å²) in [6.45, 7) is 0. The van der Waals surface area contributed by atoms with Crippen LogP contribution in [0.3, 0.4) is 0 Å². The van der Waals surface area contributed by atoms with Crippen LogP contribution in [0.2, 0.25) is 0 Å². The Bertz CT molecular complexity index is 893. The highest BCUT2D eigenvalue weighted by atomic mass is 32.2. The van der Waals surface area contributed by atoms with Crippen molar-refractivity contribution in [1.29, 1.82) is 0 Å². The number of H-pyrrole nitrogens is 1. The third-order valence-corrected chi connectivity index (χ3v) is 4.31. The molecule has 7 nitrogen and oxygen atoms in total. The first-order chi connectivity index (χ1) is 12.1. The maximum atomic E-state index is 12.1. The Morgan fingerprint density at radius 1 is 1.16 bits per heavy atom. The Morgan fingerprint density at radius 3 is 2.60 bits per heavy atom. The first-order valence-corrected chi connectivity index (χ1v) is 8.30. The third-order valence-electron chi connectivity index (χ3n) is 3.46. The number of nitrogens with one attached hydrogen (secondary N) is 1. The van der Waals surface area contributed by atoms with Crippen molar-refractivity contribution in [3.63, 3.8) is 0 Å². The van der Waals surface area contributed by atoms with Crippen LogP contribution in [0.5, 0.6) is 17.2 Å². The second kappa shape index (κ2) is 7.27. The molecule has 0 aliphatic heterocycles. The maximum absolute atomic E-state index is 12.1. The van der Waals surface area contributed by atoms with E-state index in [1.165, 1.54) is 30.0 Å². The molecular formula is C17H15N3O4S. The van der Waals surface area contributed by atoms with Gasteiger partial charge in [0.1, 0.15) is 5.75 Å². The van der Waals surface area contributed by atoms with Gasteiger partial charge < -0.3 is 14.9 Å². The molecule has 0 aliphatic carbocycles. The Labute approximate surface area is 147 Å². The van der Waals surface area contributed by atoms with Crippen LogP contribution in [0.1, 0.15) is 10.4 Å². The summed E-state index contributed by atoms with van der Waals surface area (Å²) in [5.41, 5.74) is 1.17. The minimum atomic E-state index is -0.324. The van der Waals surface area contributed by atoms with Crippen LogP contribution in [-0.2, 0) is 0 Å². The fourth-order valence-corrected chi connectivity index (χ4v) is 2.79. The van der Waals surface area contributed by atoms with Crippen molar-refractivity contribution in [2.45, 2.75) is 5.16 Å². The number of Topliss-reactive ketones (excluding diaryl/α,β-unsaturated/α-hetero) is 1. The molecule has 0 saturated carbocycles. The van der Waals surface area contributed by atoms with Crippen LogP contribution >= 0.6 is 11.8 Å². The highest BCUT2D eigenvalue weighted by Gasteiger charge is 2.12. The molecule has 0 aliphatic rings. The highest BCUT2D eigenvalue weighted by Crippen LogP contribution is 2.26. The van der Waals surface area contributed by atoms with E-state index in [9.17, 15) is 15.0 Å². The van der Waals surface area contributed by atoms with E-state index in [-0.39, 0.29) is 23.0 Å². The van der Waals surface area contributed by atoms with E-state index in [0.29, 0.717) is 16.5 Å². The van der Waals surface area contributed by atoms with Gasteiger partial charge in [0.25, 0.3) is 0 Å². The van der Waals surface area contributed by atoms with E-state index in [1.54, 1.807) is 7.11 Å². The maximum Gasteiger partial charge on any atom is 0.209 e. The number of aromatic amines is 1. The third kappa shape index (κ3) is 3.92. The van der Waals surface area contributed by atoms with Crippen molar-refractivity contribution in [3.8, 4) is 28.6 Å². The van der Waals surface area contributed by atoms with Gasteiger partial charge in [-0.3, -0.25) is 9.89 Å². The zero-order valence-electron chi connectivity index (χ0n) is 13.3. The summed E-state index contributed by atoms with van der Waals surface area (Å²) in [4.78, 5) is 16.5. The molecule has 0 radical (unpaired) electrons. The molecule has 128 valence electrons. The van der Waals surface area contributed by atoms with E-state index < -0.39 is 0 Å². The van der Waals surface area contributed by atoms with Gasteiger partial charge in [-0.15, -0.1) is 5.10 Å². The van der Waals surface area contributed by atoms with Crippen molar-refractivity contribution in [3.05, 3.63) is 48.0 Å². The monoisotopic (exact) mass is 357 g/mol. The Morgan fingerprint density at radius 2 is 1.92 bits per heavy atom. The predicted molar refractivity (Wildman–Crippen MR) is 93.2 cm³/mol. The molecular weight excluding hydrogens is 342 g/mol. The minimum Gasteiger partial charge on any atom is -0.504 e. The van der Waals surface area contributed by atoms with Gasteiger partial charge >= 0.3 is 0 Å². The molecule has 0 amide bonds. The number of hydrogen-bond donors (Lipinski definition) is 3. The molecule has 0 fully saturated rings. The quantitative estimate of drug-likeness (QED) is 0.354. The lowest BCUT2D eigenvalue weighted by atomic mass is 10.1. The summed E-state index contributed by atoms with van der Waals surface area (Å²) >= 11 is 1.18. The second-order valence-electron chi connectivity index (χ2n) is 5.11. The van der Waals surface area contributed by atoms with Crippen molar-refractivity contribution >= 4 is 17.5 Å². The van der Waals surface area contributed by atoms with Crippen molar-refractivity contribution in [2.24, 2.45) is 0 Å². The standard InChI is InChI=1S/C17H15N3O4S/c1-24-12-5-2-10(3-6-12)16-18-17(20-19-16)25-9-15(23)11-4-7-13(21)14(22)8-11/h2-8,21-22H,9H2,1H3,(H,18,19,20). The lowest BCUT2D eigenvalue weighted by molar-refractivity contribution is 0.102. The second-order valence-corrected chi connectivity index (χ2v) is 6.05. The van der Waals surface area contributed by atoms with Crippen LogP contribution < -0.4 is 4.74 Å². The van der Waals surface area contributed by atoms with E-state index in [4.69, 9.17) is 4.74 Å². The lowest BCUT2D eigenvalue weighted by Crippen LogP contribution is -2.02. The van der Waals surface area contributed by atoms with Gasteiger partial charge in [-0.2, -0.15) is 0 Å². The lowest BCUT2D eigenvalue weighted by Gasteiger charge is -2.02. The first-order valence-electron chi connectivity index (χ1n) is 7.31. The number of methoxy groups -OCH3 is 1.